The minimum atomic E-state index is -0.911. The van der Waals surface area contributed by atoms with E-state index in [0.29, 0.717) is 19.3 Å². The molecule has 0 N–H and O–H groups in total. The Hall–Kier alpha value is -1.88. The first-order valence-corrected chi connectivity index (χ1v) is 9.28. The molecule has 138 valence electrons. The lowest BCUT2D eigenvalue weighted by Gasteiger charge is -2.46. The topological polar surface area (TPSA) is 49.9 Å². The van der Waals surface area contributed by atoms with Gasteiger partial charge >= 0.3 is 5.97 Å². The predicted octanol–water partition coefficient (Wildman–Crippen LogP) is 3.24. The molecule has 0 aliphatic carbocycles. The van der Waals surface area contributed by atoms with Crippen LogP contribution in [0.5, 0.6) is 0 Å². The molecular weight excluding hydrogens is 316 g/mol. The summed E-state index contributed by atoms with van der Waals surface area (Å²) >= 11 is 0. The Labute approximate surface area is 150 Å². The summed E-state index contributed by atoms with van der Waals surface area (Å²) in [5.41, 5.74) is -0.145. The number of rotatable bonds is 7. The molecule has 0 radical (unpaired) electrons. The summed E-state index contributed by atoms with van der Waals surface area (Å²) in [5.74, 6) is -0.355. The number of amides is 1. The lowest BCUT2D eigenvalue weighted by atomic mass is 9.84. The van der Waals surface area contributed by atoms with Gasteiger partial charge in [-0.1, -0.05) is 38.5 Å². The summed E-state index contributed by atoms with van der Waals surface area (Å²) in [6.07, 6.45) is 3.87. The van der Waals surface area contributed by atoms with E-state index in [1.807, 2.05) is 37.3 Å². The van der Waals surface area contributed by atoms with Gasteiger partial charge in [-0.25, -0.2) is 4.79 Å². The monoisotopic (exact) mass is 346 g/mol. The van der Waals surface area contributed by atoms with Crippen LogP contribution in [0.15, 0.2) is 30.3 Å². The van der Waals surface area contributed by atoms with Gasteiger partial charge in [-0.2, -0.15) is 0 Å². The molecule has 0 atom stereocenters. The van der Waals surface area contributed by atoms with Gasteiger partial charge in [0.25, 0.3) is 0 Å². The van der Waals surface area contributed by atoms with Gasteiger partial charge in [0.05, 0.1) is 7.11 Å². The van der Waals surface area contributed by atoms with Crippen LogP contribution in [0.3, 0.4) is 0 Å². The number of esters is 1. The molecule has 2 rings (SSSR count). The molecule has 1 aliphatic rings. The number of unbranched alkanes of at least 4 members (excludes halogenated alkanes) is 1. The summed E-state index contributed by atoms with van der Waals surface area (Å²) < 4.78 is 5.16. The Morgan fingerprint density at radius 1 is 1.16 bits per heavy atom. The Kier molecular flexibility index (Phi) is 7.00. The number of piperidine rings is 1. The van der Waals surface area contributed by atoms with E-state index in [4.69, 9.17) is 4.74 Å². The molecule has 1 fully saturated rings. The fourth-order valence-electron chi connectivity index (χ4n) is 3.60. The van der Waals surface area contributed by atoms with E-state index in [2.05, 4.69) is 11.8 Å². The van der Waals surface area contributed by atoms with E-state index < -0.39 is 5.54 Å². The molecule has 5 heteroatoms. The van der Waals surface area contributed by atoms with E-state index in [-0.39, 0.29) is 11.9 Å². The van der Waals surface area contributed by atoms with Crippen LogP contribution in [0, 0.1) is 0 Å². The standard InChI is InChI=1S/C20H30N2O3/c1-4-6-14-21-15-12-20(13-16-21,19(24)25-3)22(18(23)5-2)17-10-8-7-9-11-17/h7-11H,4-6,12-16H2,1-3H3. The number of anilines is 1. The molecule has 1 heterocycles. The first-order valence-electron chi connectivity index (χ1n) is 9.28. The van der Waals surface area contributed by atoms with Gasteiger partial charge in [-0.15, -0.1) is 0 Å². The van der Waals surface area contributed by atoms with Gasteiger partial charge in [0.2, 0.25) is 5.91 Å². The predicted molar refractivity (Wildman–Crippen MR) is 99.5 cm³/mol. The van der Waals surface area contributed by atoms with Crippen LogP contribution in [0.4, 0.5) is 5.69 Å². The average Bonchev–Trinajstić information content (AvgIpc) is 2.67. The molecule has 1 aromatic rings. The van der Waals surface area contributed by atoms with Crippen molar-refractivity contribution >= 4 is 17.6 Å². The van der Waals surface area contributed by atoms with E-state index in [0.717, 1.165) is 38.2 Å². The van der Waals surface area contributed by atoms with Gasteiger partial charge in [-0.05, 0) is 37.9 Å². The lowest BCUT2D eigenvalue weighted by Crippen LogP contribution is -2.62. The van der Waals surface area contributed by atoms with Crippen molar-refractivity contribution in [1.82, 2.24) is 4.90 Å². The molecule has 0 aromatic heterocycles. The maximum Gasteiger partial charge on any atom is 0.332 e. The second kappa shape index (κ2) is 8.99. The van der Waals surface area contributed by atoms with Crippen molar-refractivity contribution in [2.75, 3.05) is 31.6 Å². The zero-order valence-corrected chi connectivity index (χ0v) is 15.7. The highest BCUT2D eigenvalue weighted by Gasteiger charge is 2.49. The summed E-state index contributed by atoms with van der Waals surface area (Å²) in [5, 5.41) is 0. The molecule has 0 bridgehead atoms. The highest BCUT2D eigenvalue weighted by molar-refractivity contribution is 6.02. The van der Waals surface area contributed by atoms with Crippen molar-refractivity contribution in [3.05, 3.63) is 30.3 Å². The van der Waals surface area contributed by atoms with E-state index >= 15 is 0 Å². The first kappa shape index (κ1) is 19.4. The second-order valence-corrected chi connectivity index (χ2v) is 6.64. The molecule has 5 nitrogen and oxygen atoms in total. The molecule has 1 aliphatic heterocycles. The molecule has 0 unspecified atom stereocenters. The van der Waals surface area contributed by atoms with Crippen LogP contribution in [-0.2, 0) is 14.3 Å². The number of benzene rings is 1. The summed E-state index contributed by atoms with van der Waals surface area (Å²) in [6, 6.07) is 9.49. The van der Waals surface area contributed by atoms with Gasteiger partial charge in [-0.3, -0.25) is 9.69 Å². The number of para-hydroxylation sites is 1. The van der Waals surface area contributed by atoms with Crippen molar-refractivity contribution in [2.24, 2.45) is 0 Å². The minimum Gasteiger partial charge on any atom is -0.467 e. The Balaban J connectivity index is 2.34. The second-order valence-electron chi connectivity index (χ2n) is 6.64. The third-order valence-corrected chi connectivity index (χ3v) is 5.07. The molecular formula is C20H30N2O3. The van der Waals surface area contributed by atoms with E-state index in [1.54, 1.807) is 4.90 Å². The van der Waals surface area contributed by atoms with E-state index in [1.165, 1.54) is 7.11 Å². The lowest BCUT2D eigenvalue weighted by molar-refractivity contribution is -0.151. The van der Waals surface area contributed by atoms with Crippen LogP contribution >= 0.6 is 0 Å². The number of ether oxygens (including phenoxy) is 1. The first-order chi connectivity index (χ1) is 12.1. The molecule has 1 saturated heterocycles. The third kappa shape index (κ3) is 4.21. The third-order valence-electron chi connectivity index (χ3n) is 5.07. The van der Waals surface area contributed by atoms with E-state index in [9.17, 15) is 9.59 Å². The van der Waals surface area contributed by atoms with Gasteiger partial charge in [0.1, 0.15) is 5.54 Å². The van der Waals surface area contributed by atoms with Crippen molar-refractivity contribution in [2.45, 2.75) is 51.5 Å². The molecule has 25 heavy (non-hydrogen) atoms. The summed E-state index contributed by atoms with van der Waals surface area (Å²) in [4.78, 5) is 29.7. The zero-order valence-electron chi connectivity index (χ0n) is 15.7. The van der Waals surface area contributed by atoms with Crippen molar-refractivity contribution in [3.63, 3.8) is 0 Å². The number of hydrogen-bond donors (Lipinski definition) is 0. The van der Waals surface area contributed by atoms with Crippen molar-refractivity contribution in [3.8, 4) is 0 Å². The Bertz CT molecular complexity index is 566. The number of likely N-dealkylation sites (tertiary alicyclic amines) is 1. The number of carbonyl (C=O) groups excluding carboxylic acids is 2. The largest absolute Gasteiger partial charge is 0.467 e. The van der Waals surface area contributed by atoms with Crippen molar-refractivity contribution in [1.29, 1.82) is 0 Å². The average molecular weight is 346 g/mol. The van der Waals surface area contributed by atoms with Crippen LogP contribution in [0.2, 0.25) is 0 Å². The Morgan fingerprint density at radius 3 is 2.32 bits per heavy atom. The molecule has 1 amide bonds. The maximum atomic E-state index is 12.8. The Morgan fingerprint density at radius 2 is 1.80 bits per heavy atom. The van der Waals surface area contributed by atoms with Crippen LogP contribution in [0.25, 0.3) is 0 Å². The normalized spacial score (nSPS) is 17.1. The molecule has 1 aromatic carbocycles. The minimum absolute atomic E-state index is 0.0430. The van der Waals surface area contributed by atoms with Gasteiger partial charge in [0.15, 0.2) is 0 Å². The smallest absolute Gasteiger partial charge is 0.332 e. The summed E-state index contributed by atoms with van der Waals surface area (Å²) in [7, 11) is 1.41. The number of carbonyl (C=O) groups is 2. The summed E-state index contributed by atoms with van der Waals surface area (Å²) in [6.45, 7) is 6.66. The fourth-order valence-corrected chi connectivity index (χ4v) is 3.60. The van der Waals surface area contributed by atoms with Gasteiger partial charge < -0.3 is 9.64 Å². The SMILES string of the molecule is CCCCN1CCC(C(=O)OC)(N(C(=O)CC)c2ccccc2)CC1. The number of methoxy groups -OCH3 is 1. The maximum absolute atomic E-state index is 12.8. The molecule has 0 saturated carbocycles. The molecule has 0 spiro atoms. The quantitative estimate of drug-likeness (QED) is 0.711. The zero-order chi connectivity index (χ0) is 18.3. The number of nitrogens with zero attached hydrogens (tertiary/aromatic N) is 2. The van der Waals surface area contributed by atoms with Crippen LogP contribution in [0.1, 0.15) is 46.0 Å². The van der Waals surface area contributed by atoms with Crippen LogP contribution < -0.4 is 4.90 Å². The number of hydrogen-bond acceptors (Lipinski definition) is 4. The highest BCUT2D eigenvalue weighted by Crippen LogP contribution is 2.35. The van der Waals surface area contributed by atoms with Gasteiger partial charge in [0, 0.05) is 25.2 Å². The highest BCUT2D eigenvalue weighted by atomic mass is 16.5. The van der Waals surface area contributed by atoms with Crippen molar-refractivity contribution < 1.29 is 14.3 Å². The van der Waals surface area contributed by atoms with Crippen LogP contribution in [-0.4, -0.2) is 49.1 Å². The fraction of sp³-hybridized carbons (Fsp3) is 0.600.